The molecule has 2 aromatic rings. The van der Waals surface area contributed by atoms with E-state index in [-0.39, 0.29) is 29.4 Å². The van der Waals surface area contributed by atoms with Crippen molar-refractivity contribution in [2.24, 2.45) is 0 Å². The Bertz CT molecular complexity index is 789. The minimum atomic E-state index is -0.243. The van der Waals surface area contributed by atoms with E-state index in [9.17, 15) is 9.18 Å². The maximum absolute atomic E-state index is 13.0. The first-order valence-electron chi connectivity index (χ1n) is 8.31. The highest BCUT2D eigenvalue weighted by Crippen LogP contribution is 2.30. The summed E-state index contributed by atoms with van der Waals surface area (Å²) in [6, 6.07) is 14.5. The van der Waals surface area contributed by atoms with Gasteiger partial charge in [0, 0.05) is 22.7 Å². The van der Waals surface area contributed by atoms with E-state index >= 15 is 0 Å². The summed E-state index contributed by atoms with van der Waals surface area (Å²) in [7, 11) is 0. The van der Waals surface area contributed by atoms with Crippen LogP contribution in [0.3, 0.4) is 0 Å². The van der Waals surface area contributed by atoms with Crippen molar-refractivity contribution in [1.82, 2.24) is 21.1 Å². The molecule has 0 bridgehead atoms. The van der Waals surface area contributed by atoms with Crippen LogP contribution in [0.15, 0.2) is 53.0 Å². The first-order chi connectivity index (χ1) is 12.6. The number of carbonyl (C=O) groups is 1. The standard InChI is InChI=1S/C18H18BrFN4OS/c19-13-5-3-12(4-6-13)15-9-21-24-16(15)22-17(23-18(24)25)26-10-11-1-7-14(20)8-2-11/h1-8,15-17,21-22H,9-10H2,(H,23,25). The lowest BCUT2D eigenvalue weighted by molar-refractivity contribution is 0.128. The fourth-order valence-electron chi connectivity index (χ4n) is 3.21. The van der Waals surface area contributed by atoms with E-state index in [4.69, 9.17) is 0 Å². The first-order valence-corrected chi connectivity index (χ1v) is 10.1. The van der Waals surface area contributed by atoms with Crippen molar-refractivity contribution in [1.29, 1.82) is 0 Å². The molecule has 3 atom stereocenters. The molecular weight excluding hydrogens is 419 g/mol. The molecule has 3 N–H and O–H groups in total. The van der Waals surface area contributed by atoms with Crippen molar-refractivity contribution in [3.05, 3.63) is 69.9 Å². The molecule has 2 aliphatic heterocycles. The van der Waals surface area contributed by atoms with Crippen molar-refractivity contribution in [2.75, 3.05) is 6.54 Å². The second-order valence-corrected chi connectivity index (χ2v) is 8.28. The first kappa shape index (κ1) is 17.8. The summed E-state index contributed by atoms with van der Waals surface area (Å²) in [5.41, 5.74) is 5.16. The molecule has 0 aliphatic carbocycles. The third kappa shape index (κ3) is 3.73. The highest BCUT2D eigenvalue weighted by molar-refractivity contribution is 9.10. The lowest BCUT2D eigenvalue weighted by Crippen LogP contribution is -2.65. The van der Waals surface area contributed by atoms with Crippen LogP contribution in [0, 0.1) is 5.82 Å². The molecule has 26 heavy (non-hydrogen) atoms. The molecule has 0 radical (unpaired) electrons. The van der Waals surface area contributed by atoms with E-state index in [1.807, 2.05) is 12.1 Å². The molecule has 0 aromatic heterocycles. The van der Waals surface area contributed by atoms with Gasteiger partial charge in [0.2, 0.25) is 0 Å². The molecule has 5 nitrogen and oxygen atoms in total. The van der Waals surface area contributed by atoms with Crippen LogP contribution in [0.5, 0.6) is 0 Å². The third-order valence-corrected chi connectivity index (χ3v) is 6.18. The molecule has 8 heteroatoms. The van der Waals surface area contributed by atoms with Gasteiger partial charge in [0.25, 0.3) is 0 Å². The van der Waals surface area contributed by atoms with Crippen LogP contribution in [-0.2, 0) is 5.75 Å². The zero-order valence-electron chi connectivity index (χ0n) is 13.8. The molecule has 2 fully saturated rings. The van der Waals surface area contributed by atoms with Gasteiger partial charge in [-0.1, -0.05) is 40.2 Å². The highest BCUT2D eigenvalue weighted by atomic mass is 79.9. The van der Waals surface area contributed by atoms with Gasteiger partial charge in [0.15, 0.2) is 0 Å². The van der Waals surface area contributed by atoms with Gasteiger partial charge >= 0.3 is 6.03 Å². The van der Waals surface area contributed by atoms with Crippen LogP contribution in [0.2, 0.25) is 0 Å². The van der Waals surface area contributed by atoms with Crippen molar-refractivity contribution >= 4 is 33.7 Å². The Morgan fingerprint density at radius 3 is 2.62 bits per heavy atom. The van der Waals surface area contributed by atoms with Gasteiger partial charge in [-0.25, -0.2) is 19.6 Å². The molecule has 2 aromatic carbocycles. The lowest BCUT2D eigenvalue weighted by atomic mass is 9.97. The molecule has 2 heterocycles. The Balaban J connectivity index is 1.44. The maximum atomic E-state index is 13.0. The third-order valence-electron chi connectivity index (χ3n) is 4.56. The van der Waals surface area contributed by atoms with Crippen LogP contribution < -0.4 is 16.1 Å². The summed E-state index contributed by atoms with van der Waals surface area (Å²) in [5, 5.41) is 8.07. The summed E-state index contributed by atoms with van der Waals surface area (Å²) in [4.78, 5) is 12.4. The smallest absolute Gasteiger partial charge is 0.312 e. The van der Waals surface area contributed by atoms with Crippen LogP contribution in [-0.4, -0.2) is 29.2 Å². The average Bonchev–Trinajstić information content (AvgIpc) is 3.06. The van der Waals surface area contributed by atoms with E-state index in [1.165, 1.54) is 17.7 Å². The topological polar surface area (TPSA) is 56.4 Å². The average molecular weight is 437 g/mol. The number of amides is 2. The van der Waals surface area contributed by atoms with Gasteiger partial charge < -0.3 is 5.32 Å². The molecule has 136 valence electrons. The Kier molecular flexibility index (Phi) is 5.17. The van der Waals surface area contributed by atoms with E-state index < -0.39 is 0 Å². The van der Waals surface area contributed by atoms with E-state index in [0.29, 0.717) is 12.3 Å². The maximum Gasteiger partial charge on any atom is 0.335 e. The Labute approximate surface area is 163 Å². The molecule has 2 amide bonds. The number of nitrogens with one attached hydrogen (secondary N) is 3. The number of hydrogen-bond donors (Lipinski definition) is 3. The largest absolute Gasteiger partial charge is 0.335 e. The van der Waals surface area contributed by atoms with Gasteiger partial charge in [0.05, 0.1) is 0 Å². The van der Waals surface area contributed by atoms with Crippen molar-refractivity contribution in [3.8, 4) is 0 Å². The van der Waals surface area contributed by atoms with Crippen molar-refractivity contribution < 1.29 is 9.18 Å². The fourth-order valence-corrected chi connectivity index (χ4v) is 4.45. The van der Waals surface area contributed by atoms with Crippen LogP contribution >= 0.6 is 27.7 Å². The van der Waals surface area contributed by atoms with Crippen LogP contribution in [0.1, 0.15) is 17.0 Å². The minimum Gasteiger partial charge on any atom is -0.312 e. The molecule has 0 saturated carbocycles. The number of halogens is 2. The Hall–Kier alpha value is -1.61. The summed E-state index contributed by atoms with van der Waals surface area (Å²) in [6.07, 6.45) is -0.115. The summed E-state index contributed by atoms with van der Waals surface area (Å²) >= 11 is 5.04. The molecule has 2 saturated heterocycles. The summed E-state index contributed by atoms with van der Waals surface area (Å²) in [6.45, 7) is 0.696. The summed E-state index contributed by atoms with van der Waals surface area (Å²) < 4.78 is 14.1. The molecule has 3 unspecified atom stereocenters. The number of carbonyl (C=O) groups excluding carboxylic acids is 1. The van der Waals surface area contributed by atoms with Gasteiger partial charge in [-0.15, -0.1) is 11.8 Å². The van der Waals surface area contributed by atoms with Crippen molar-refractivity contribution in [3.63, 3.8) is 0 Å². The number of hydrazine groups is 1. The number of rotatable bonds is 4. The predicted octanol–water partition coefficient (Wildman–Crippen LogP) is 3.35. The minimum absolute atomic E-state index is 0.115. The SMILES string of the molecule is O=C1NC(SCc2ccc(F)cc2)NC2C(c3ccc(Br)cc3)CNN12. The van der Waals surface area contributed by atoms with Gasteiger partial charge in [0.1, 0.15) is 17.5 Å². The fraction of sp³-hybridized carbons (Fsp3) is 0.278. The quantitative estimate of drug-likeness (QED) is 0.687. The molecular formula is C18H18BrFN4OS. The van der Waals surface area contributed by atoms with E-state index in [2.05, 4.69) is 44.1 Å². The molecule has 2 aliphatic rings. The number of benzene rings is 2. The van der Waals surface area contributed by atoms with Gasteiger partial charge in [-0.05, 0) is 35.4 Å². The molecule has 0 spiro atoms. The normalized spacial score (nSPS) is 25.1. The number of urea groups is 1. The number of thioether (sulfide) groups is 1. The van der Waals surface area contributed by atoms with Crippen LogP contribution in [0.4, 0.5) is 9.18 Å². The zero-order chi connectivity index (χ0) is 18.1. The van der Waals surface area contributed by atoms with E-state index in [0.717, 1.165) is 10.0 Å². The second-order valence-electron chi connectivity index (χ2n) is 6.27. The number of hydrogen-bond acceptors (Lipinski definition) is 4. The lowest BCUT2D eigenvalue weighted by Gasteiger charge is -2.37. The number of fused-ring (bicyclic) bond motifs is 1. The highest BCUT2D eigenvalue weighted by Gasteiger charge is 2.43. The second kappa shape index (κ2) is 7.56. The molecule has 4 rings (SSSR count). The Morgan fingerprint density at radius 1 is 1.15 bits per heavy atom. The van der Waals surface area contributed by atoms with Crippen LogP contribution in [0.25, 0.3) is 0 Å². The van der Waals surface area contributed by atoms with Crippen molar-refractivity contribution in [2.45, 2.75) is 23.3 Å². The van der Waals surface area contributed by atoms with E-state index in [1.54, 1.807) is 28.9 Å². The van der Waals surface area contributed by atoms with Gasteiger partial charge in [-0.3, -0.25) is 5.32 Å². The monoisotopic (exact) mass is 436 g/mol. The predicted molar refractivity (Wildman–Crippen MR) is 104 cm³/mol. The van der Waals surface area contributed by atoms with Gasteiger partial charge in [-0.2, -0.15) is 0 Å². The Morgan fingerprint density at radius 2 is 1.88 bits per heavy atom. The number of nitrogens with zero attached hydrogens (tertiary/aromatic N) is 1. The summed E-state index contributed by atoms with van der Waals surface area (Å²) in [5.74, 6) is 0.609. The zero-order valence-corrected chi connectivity index (χ0v) is 16.2.